The number of nitrogens with zero attached hydrogens (tertiary/aromatic N) is 3. The average molecular weight is 398 g/mol. The van der Waals surface area contributed by atoms with Crippen molar-refractivity contribution < 1.29 is 14.3 Å². The van der Waals surface area contributed by atoms with Gasteiger partial charge in [0.05, 0.1) is 18.0 Å². The number of anilines is 1. The van der Waals surface area contributed by atoms with Crippen molar-refractivity contribution in [3.05, 3.63) is 79.8 Å². The Labute approximate surface area is 173 Å². The molecule has 7 heteroatoms. The van der Waals surface area contributed by atoms with Gasteiger partial charge in [0.1, 0.15) is 12.1 Å². The first-order valence-electron chi connectivity index (χ1n) is 9.13. The molecular weight excluding hydrogens is 380 g/mol. The molecule has 4 aromatic rings. The molecule has 0 aliphatic heterocycles. The molecule has 1 N–H and O–H groups in total. The SMILES string of the molecule is C=CC(=O)Nc1cccc(Oc2ncnc3ccc(-c4ccc(OC)nc4)cc23)c1. The van der Waals surface area contributed by atoms with Crippen molar-refractivity contribution in [3.8, 4) is 28.6 Å². The van der Waals surface area contributed by atoms with Crippen LogP contribution in [0.25, 0.3) is 22.0 Å². The second-order valence-electron chi connectivity index (χ2n) is 6.32. The van der Waals surface area contributed by atoms with Gasteiger partial charge in [-0.2, -0.15) is 0 Å². The van der Waals surface area contributed by atoms with Crippen LogP contribution in [0.3, 0.4) is 0 Å². The van der Waals surface area contributed by atoms with Gasteiger partial charge in [-0.25, -0.2) is 15.0 Å². The number of ether oxygens (including phenoxy) is 2. The zero-order valence-corrected chi connectivity index (χ0v) is 16.2. The third-order valence-corrected chi connectivity index (χ3v) is 4.38. The fraction of sp³-hybridized carbons (Fsp3) is 0.0435. The summed E-state index contributed by atoms with van der Waals surface area (Å²) in [6, 6.07) is 16.6. The van der Waals surface area contributed by atoms with Crippen molar-refractivity contribution in [1.82, 2.24) is 15.0 Å². The van der Waals surface area contributed by atoms with Crippen molar-refractivity contribution in [2.75, 3.05) is 12.4 Å². The number of carbonyl (C=O) groups excluding carboxylic acids is 1. The maximum absolute atomic E-state index is 11.5. The van der Waals surface area contributed by atoms with Crippen molar-refractivity contribution in [2.24, 2.45) is 0 Å². The third kappa shape index (κ3) is 4.10. The lowest BCUT2D eigenvalue weighted by Gasteiger charge is -2.10. The first kappa shape index (κ1) is 19.1. The van der Waals surface area contributed by atoms with E-state index in [-0.39, 0.29) is 5.91 Å². The van der Waals surface area contributed by atoms with Gasteiger partial charge in [-0.05, 0) is 42.0 Å². The third-order valence-electron chi connectivity index (χ3n) is 4.38. The minimum absolute atomic E-state index is 0.294. The number of methoxy groups -OCH3 is 1. The Balaban J connectivity index is 1.68. The normalized spacial score (nSPS) is 10.4. The molecule has 0 aliphatic carbocycles. The van der Waals surface area contributed by atoms with Crippen LogP contribution in [0.4, 0.5) is 5.69 Å². The maximum atomic E-state index is 11.5. The number of aromatic nitrogens is 3. The van der Waals surface area contributed by atoms with E-state index < -0.39 is 0 Å². The molecule has 2 heterocycles. The molecule has 0 saturated carbocycles. The molecule has 0 fully saturated rings. The molecule has 0 saturated heterocycles. The molecule has 0 atom stereocenters. The topological polar surface area (TPSA) is 86.2 Å². The monoisotopic (exact) mass is 398 g/mol. The molecule has 0 unspecified atom stereocenters. The van der Waals surface area contributed by atoms with Crippen LogP contribution in [0.15, 0.2) is 79.8 Å². The van der Waals surface area contributed by atoms with Gasteiger partial charge in [0.2, 0.25) is 17.7 Å². The fourth-order valence-electron chi connectivity index (χ4n) is 2.91. The number of fused-ring (bicyclic) bond motifs is 1. The minimum Gasteiger partial charge on any atom is -0.481 e. The van der Waals surface area contributed by atoms with Crippen LogP contribution in [0.1, 0.15) is 0 Å². The Hall–Kier alpha value is -4.26. The van der Waals surface area contributed by atoms with Crippen molar-refractivity contribution in [3.63, 3.8) is 0 Å². The van der Waals surface area contributed by atoms with Crippen molar-refractivity contribution in [2.45, 2.75) is 0 Å². The van der Waals surface area contributed by atoms with Crippen LogP contribution in [0.5, 0.6) is 17.5 Å². The smallest absolute Gasteiger partial charge is 0.247 e. The van der Waals surface area contributed by atoms with E-state index in [2.05, 4.69) is 26.8 Å². The zero-order chi connectivity index (χ0) is 20.9. The number of benzene rings is 2. The molecule has 0 spiro atoms. The first-order valence-corrected chi connectivity index (χ1v) is 9.13. The summed E-state index contributed by atoms with van der Waals surface area (Å²) in [6.07, 6.45) is 4.41. The summed E-state index contributed by atoms with van der Waals surface area (Å²) in [6.45, 7) is 3.45. The molecule has 0 bridgehead atoms. The lowest BCUT2D eigenvalue weighted by atomic mass is 10.1. The number of nitrogens with one attached hydrogen (secondary N) is 1. The van der Waals surface area contributed by atoms with Gasteiger partial charge in [0.25, 0.3) is 0 Å². The molecule has 1 amide bonds. The van der Waals surface area contributed by atoms with E-state index in [4.69, 9.17) is 9.47 Å². The summed E-state index contributed by atoms with van der Waals surface area (Å²) >= 11 is 0. The standard InChI is InChI=1S/C23H18N4O3/c1-3-21(28)27-17-5-4-6-18(12-17)30-23-19-11-15(7-9-20(19)25-14-26-23)16-8-10-22(29-2)24-13-16/h3-14H,1H2,2H3,(H,27,28). The quantitative estimate of drug-likeness (QED) is 0.477. The molecule has 7 nitrogen and oxygen atoms in total. The lowest BCUT2D eigenvalue weighted by Crippen LogP contribution is -2.07. The molecule has 30 heavy (non-hydrogen) atoms. The molecule has 0 aliphatic rings. The van der Waals surface area contributed by atoms with E-state index in [1.165, 1.54) is 12.4 Å². The van der Waals surface area contributed by atoms with Crippen LogP contribution in [-0.4, -0.2) is 28.0 Å². The summed E-state index contributed by atoms with van der Waals surface area (Å²) < 4.78 is 11.1. The maximum Gasteiger partial charge on any atom is 0.247 e. The number of hydrogen-bond donors (Lipinski definition) is 1. The Bertz CT molecular complexity index is 1220. The minimum atomic E-state index is -0.294. The second kappa shape index (κ2) is 8.40. The van der Waals surface area contributed by atoms with Gasteiger partial charge in [0.15, 0.2) is 0 Å². The van der Waals surface area contributed by atoms with Crippen LogP contribution < -0.4 is 14.8 Å². The second-order valence-corrected chi connectivity index (χ2v) is 6.32. The van der Waals surface area contributed by atoms with E-state index in [1.807, 2.05) is 30.3 Å². The number of pyridine rings is 1. The van der Waals surface area contributed by atoms with Gasteiger partial charge in [-0.1, -0.05) is 18.7 Å². The Morgan fingerprint density at radius 2 is 1.90 bits per heavy atom. The van der Waals surface area contributed by atoms with Crippen LogP contribution in [0, 0.1) is 0 Å². The van der Waals surface area contributed by atoms with E-state index in [0.29, 0.717) is 23.2 Å². The summed E-state index contributed by atoms with van der Waals surface area (Å²) in [5.74, 6) is 1.21. The molecule has 4 rings (SSSR count). The molecule has 2 aromatic heterocycles. The zero-order valence-electron chi connectivity index (χ0n) is 16.2. The fourth-order valence-corrected chi connectivity index (χ4v) is 2.91. The average Bonchev–Trinajstić information content (AvgIpc) is 2.79. The highest BCUT2D eigenvalue weighted by Crippen LogP contribution is 2.31. The molecule has 2 aromatic carbocycles. The van der Waals surface area contributed by atoms with Crippen molar-refractivity contribution >= 4 is 22.5 Å². The summed E-state index contributed by atoms with van der Waals surface area (Å²) in [7, 11) is 1.58. The van der Waals surface area contributed by atoms with Crippen LogP contribution in [0.2, 0.25) is 0 Å². The number of rotatable bonds is 6. The Morgan fingerprint density at radius 3 is 2.67 bits per heavy atom. The van der Waals surface area contributed by atoms with Crippen LogP contribution in [-0.2, 0) is 4.79 Å². The Kier molecular flexibility index (Phi) is 5.34. The summed E-state index contributed by atoms with van der Waals surface area (Å²) in [4.78, 5) is 24.4. The van der Waals surface area contributed by atoms with Crippen molar-refractivity contribution in [1.29, 1.82) is 0 Å². The number of hydrogen-bond acceptors (Lipinski definition) is 6. The van der Waals surface area contributed by atoms with Gasteiger partial charge in [0, 0.05) is 29.6 Å². The highest BCUT2D eigenvalue weighted by molar-refractivity contribution is 5.99. The first-order chi connectivity index (χ1) is 14.7. The summed E-state index contributed by atoms with van der Waals surface area (Å²) in [5.41, 5.74) is 3.23. The van der Waals surface area contributed by atoms with E-state index in [1.54, 1.807) is 37.6 Å². The van der Waals surface area contributed by atoms with Crippen LogP contribution >= 0.6 is 0 Å². The predicted molar refractivity (Wildman–Crippen MR) is 115 cm³/mol. The molecular formula is C23H18N4O3. The highest BCUT2D eigenvalue weighted by atomic mass is 16.5. The lowest BCUT2D eigenvalue weighted by molar-refractivity contribution is -0.111. The van der Waals surface area contributed by atoms with Gasteiger partial charge in [-0.15, -0.1) is 0 Å². The number of amides is 1. The van der Waals surface area contributed by atoms with Gasteiger partial charge < -0.3 is 14.8 Å². The van der Waals surface area contributed by atoms with E-state index >= 15 is 0 Å². The largest absolute Gasteiger partial charge is 0.481 e. The highest BCUT2D eigenvalue weighted by Gasteiger charge is 2.10. The van der Waals surface area contributed by atoms with Gasteiger partial charge >= 0.3 is 0 Å². The Morgan fingerprint density at radius 1 is 1.03 bits per heavy atom. The summed E-state index contributed by atoms with van der Waals surface area (Å²) in [5, 5.41) is 3.46. The molecule has 0 radical (unpaired) electrons. The van der Waals surface area contributed by atoms with E-state index in [9.17, 15) is 4.79 Å². The predicted octanol–water partition coefficient (Wildman–Crippen LogP) is 4.62. The van der Waals surface area contributed by atoms with Gasteiger partial charge in [-0.3, -0.25) is 4.79 Å². The number of carbonyl (C=O) groups is 1. The molecule has 148 valence electrons. The van der Waals surface area contributed by atoms with E-state index in [0.717, 1.165) is 22.0 Å².